The molecule has 2 aliphatic rings. The molecule has 0 bridgehead atoms. The lowest BCUT2D eigenvalue weighted by Crippen LogP contribution is -2.82. The first-order valence-corrected chi connectivity index (χ1v) is 11.2. The fourth-order valence-electron chi connectivity index (χ4n) is 4.92. The number of aliphatic hydroxyl groups excluding tert-OH is 1. The average Bonchev–Trinajstić information content (AvgIpc) is 3.08. The first-order chi connectivity index (χ1) is 14.9. The third-order valence-electron chi connectivity index (χ3n) is 6.45. The zero-order valence-corrected chi connectivity index (χ0v) is 19.8. The van der Waals surface area contributed by atoms with Gasteiger partial charge in [-0.2, -0.15) is 0 Å². The van der Waals surface area contributed by atoms with Crippen LogP contribution in [0.2, 0.25) is 0 Å². The number of carbonyl (C=O) groups excluding carboxylic acids is 3. The molecule has 5 unspecified atom stereocenters. The molecule has 3 amide bonds. The smallest absolute Gasteiger partial charge is 0.411 e. The van der Waals surface area contributed by atoms with Crippen LogP contribution in [0.25, 0.3) is 0 Å². The van der Waals surface area contributed by atoms with Gasteiger partial charge in [-0.1, -0.05) is 30.3 Å². The van der Waals surface area contributed by atoms with Crippen LogP contribution in [0.1, 0.15) is 59.9 Å². The lowest BCUT2D eigenvalue weighted by atomic mass is 9.75. The summed E-state index contributed by atoms with van der Waals surface area (Å²) < 4.78 is 5.59. The monoisotopic (exact) mass is 445 g/mol. The average molecular weight is 446 g/mol. The van der Waals surface area contributed by atoms with Crippen molar-refractivity contribution < 1.29 is 24.2 Å². The minimum Gasteiger partial charge on any atom is -0.444 e. The van der Waals surface area contributed by atoms with Crippen LogP contribution in [0.3, 0.4) is 0 Å². The number of rotatable bonds is 5. The molecule has 1 aromatic carbocycles. The molecule has 1 spiro atoms. The van der Waals surface area contributed by atoms with E-state index in [9.17, 15) is 19.5 Å². The topological polar surface area (TPSA) is 99.2 Å². The summed E-state index contributed by atoms with van der Waals surface area (Å²) in [7, 11) is 0. The number of benzene rings is 1. The van der Waals surface area contributed by atoms with E-state index in [1.807, 2.05) is 44.2 Å². The highest BCUT2D eigenvalue weighted by molar-refractivity contribution is 6.01. The molecule has 2 aliphatic heterocycles. The van der Waals surface area contributed by atoms with Crippen LogP contribution in [-0.2, 0) is 20.9 Å². The summed E-state index contributed by atoms with van der Waals surface area (Å²) in [5.41, 5.74) is -0.810. The van der Waals surface area contributed by atoms with E-state index in [4.69, 9.17) is 4.74 Å². The second-order valence-electron chi connectivity index (χ2n) is 9.94. The zero-order valence-electron chi connectivity index (χ0n) is 19.8. The highest BCUT2D eigenvalue weighted by atomic mass is 16.6. The molecule has 2 fully saturated rings. The molecule has 0 aromatic heterocycles. The summed E-state index contributed by atoms with van der Waals surface area (Å²) in [5.74, 6) is -0.741. The van der Waals surface area contributed by atoms with Crippen molar-refractivity contribution in [2.24, 2.45) is 0 Å². The predicted octanol–water partition coefficient (Wildman–Crippen LogP) is 2.44. The maximum atomic E-state index is 13.5. The molecule has 2 heterocycles. The van der Waals surface area contributed by atoms with E-state index in [1.54, 1.807) is 25.7 Å². The van der Waals surface area contributed by atoms with Crippen molar-refractivity contribution in [3.63, 3.8) is 0 Å². The minimum atomic E-state index is -1.07. The Morgan fingerprint density at radius 2 is 1.88 bits per heavy atom. The molecule has 2 saturated heterocycles. The van der Waals surface area contributed by atoms with Gasteiger partial charge in [-0.15, -0.1) is 0 Å². The molecule has 0 saturated carbocycles. The number of nitrogens with zero attached hydrogens (tertiary/aromatic N) is 2. The Morgan fingerprint density at radius 3 is 2.41 bits per heavy atom. The molecule has 8 nitrogen and oxygen atoms in total. The maximum absolute atomic E-state index is 13.5. The van der Waals surface area contributed by atoms with Gasteiger partial charge in [-0.05, 0) is 59.9 Å². The maximum Gasteiger partial charge on any atom is 0.411 e. The summed E-state index contributed by atoms with van der Waals surface area (Å²) in [6.07, 6.45) is -0.419. The van der Waals surface area contributed by atoms with Gasteiger partial charge in [-0.25, -0.2) is 4.79 Å². The fourth-order valence-corrected chi connectivity index (χ4v) is 4.92. The number of nitrogens with one attached hydrogen (secondary N) is 1. The number of carbonyl (C=O) groups is 3. The van der Waals surface area contributed by atoms with E-state index in [2.05, 4.69) is 5.32 Å². The van der Waals surface area contributed by atoms with E-state index in [-0.39, 0.29) is 11.9 Å². The SMILES string of the molecule is CC(O)C(C(=O)NCc1ccccc1)N1C(=O)C2(CCC(C)N2C(=O)OC(C)(C)C)C1C. The number of amides is 3. The van der Waals surface area contributed by atoms with Crippen molar-refractivity contribution in [2.45, 2.75) is 96.3 Å². The standard InChI is InChI=1S/C24H35N3O5/c1-15-12-13-24(27(15)22(31)32-23(4,5)6)17(3)26(21(24)30)19(16(2)28)20(29)25-14-18-10-8-7-9-11-18/h7-11,15-17,19,28H,12-14H2,1-6H3,(H,25,29). The largest absolute Gasteiger partial charge is 0.444 e. The van der Waals surface area contributed by atoms with Gasteiger partial charge in [0.2, 0.25) is 5.91 Å². The van der Waals surface area contributed by atoms with E-state index in [0.29, 0.717) is 19.4 Å². The van der Waals surface area contributed by atoms with Crippen molar-refractivity contribution in [1.82, 2.24) is 15.1 Å². The Kier molecular flexibility index (Phi) is 6.56. The lowest BCUT2D eigenvalue weighted by Gasteiger charge is -2.59. The van der Waals surface area contributed by atoms with E-state index >= 15 is 0 Å². The number of ether oxygens (including phenoxy) is 1. The van der Waals surface area contributed by atoms with Crippen molar-refractivity contribution in [3.8, 4) is 0 Å². The van der Waals surface area contributed by atoms with Crippen LogP contribution in [0.15, 0.2) is 30.3 Å². The summed E-state index contributed by atoms with van der Waals surface area (Å²) in [4.78, 5) is 42.5. The second-order valence-corrected chi connectivity index (χ2v) is 9.94. The summed E-state index contributed by atoms with van der Waals surface area (Å²) in [6, 6.07) is 7.80. The van der Waals surface area contributed by atoms with Gasteiger partial charge in [0.05, 0.1) is 12.1 Å². The fraction of sp³-hybridized carbons (Fsp3) is 0.625. The molecule has 32 heavy (non-hydrogen) atoms. The normalized spacial score (nSPS) is 27.2. The highest BCUT2D eigenvalue weighted by Gasteiger charge is 2.69. The second kappa shape index (κ2) is 8.73. The minimum absolute atomic E-state index is 0.157. The molecule has 8 heteroatoms. The number of β-lactam (4-membered cyclic amide) rings is 1. The van der Waals surface area contributed by atoms with E-state index in [0.717, 1.165) is 5.56 Å². The molecule has 2 N–H and O–H groups in total. The molecule has 5 atom stereocenters. The summed E-state index contributed by atoms with van der Waals surface area (Å²) >= 11 is 0. The molecule has 0 aliphatic carbocycles. The Bertz CT molecular complexity index is 866. The predicted molar refractivity (Wildman–Crippen MR) is 120 cm³/mol. The van der Waals surface area contributed by atoms with Crippen LogP contribution >= 0.6 is 0 Å². The molecule has 3 rings (SSSR count). The summed E-state index contributed by atoms with van der Waals surface area (Å²) in [6.45, 7) is 10.9. The van der Waals surface area contributed by atoms with Gasteiger partial charge in [0.15, 0.2) is 0 Å². The first kappa shape index (κ1) is 24.0. The van der Waals surface area contributed by atoms with Gasteiger partial charge in [0, 0.05) is 12.6 Å². The van der Waals surface area contributed by atoms with Crippen LogP contribution < -0.4 is 5.32 Å². The van der Waals surface area contributed by atoms with E-state index < -0.39 is 41.3 Å². The molecular weight excluding hydrogens is 410 g/mol. The van der Waals surface area contributed by atoms with Crippen LogP contribution in [0.4, 0.5) is 4.79 Å². The molecule has 0 radical (unpaired) electrons. The zero-order chi connectivity index (χ0) is 23.8. The third-order valence-corrected chi connectivity index (χ3v) is 6.45. The highest BCUT2D eigenvalue weighted by Crippen LogP contribution is 2.48. The van der Waals surface area contributed by atoms with Crippen LogP contribution in [-0.4, -0.2) is 68.2 Å². The Morgan fingerprint density at radius 1 is 1.25 bits per heavy atom. The number of likely N-dealkylation sites (tertiary alicyclic amines) is 2. The number of aliphatic hydroxyl groups is 1. The number of hydrogen-bond donors (Lipinski definition) is 2. The van der Waals surface area contributed by atoms with Crippen molar-refractivity contribution >= 4 is 17.9 Å². The Hall–Kier alpha value is -2.61. The summed E-state index contributed by atoms with van der Waals surface area (Å²) in [5, 5.41) is 13.2. The quantitative estimate of drug-likeness (QED) is 0.679. The first-order valence-electron chi connectivity index (χ1n) is 11.2. The Balaban J connectivity index is 1.79. The molecule has 1 aromatic rings. The van der Waals surface area contributed by atoms with E-state index in [1.165, 1.54) is 11.8 Å². The third kappa shape index (κ3) is 4.20. The molecule has 176 valence electrons. The van der Waals surface area contributed by atoms with Gasteiger partial charge in [-0.3, -0.25) is 14.5 Å². The van der Waals surface area contributed by atoms with Gasteiger partial charge < -0.3 is 20.1 Å². The Labute approximate surface area is 189 Å². The van der Waals surface area contributed by atoms with Crippen LogP contribution in [0.5, 0.6) is 0 Å². The van der Waals surface area contributed by atoms with Gasteiger partial charge >= 0.3 is 6.09 Å². The number of hydrogen-bond acceptors (Lipinski definition) is 5. The molecular formula is C24H35N3O5. The van der Waals surface area contributed by atoms with Crippen LogP contribution in [0, 0.1) is 0 Å². The van der Waals surface area contributed by atoms with Crippen molar-refractivity contribution in [3.05, 3.63) is 35.9 Å². The van der Waals surface area contributed by atoms with Gasteiger partial charge in [0.1, 0.15) is 17.2 Å². The van der Waals surface area contributed by atoms with Gasteiger partial charge in [0.25, 0.3) is 5.91 Å². The van der Waals surface area contributed by atoms with Crippen molar-refractivity contribution in [1.29, 1.82) is 0 Å². The van der Waals surface area contributed by atoms with Crippen molar-refractivity contribution in [2.75, 3.05) is 0 Å². The lowest BCUT2D eigenvalue weighted by molar-refractivity contribution is -0.184.